The molecule has 0 bridgehead atoms. The Morgan fingerprint density at radius 3 is 1.33 bits per heavy atom. The van der Waals surface area contributed by atoms with Crippen LogP contribution in [0.4, 0.5) is 0 Å². The summed E-state index contributed by atoms with van der Waals surface area (Å²) in [4.78, 5) is 39.8. The standard InChI is InChI=1S/C63H115N2O7P/c1-7-10-13-16-19-22-25-26-27-28-29-30-31-32-33-34-35-36-37-38-41-43-46-49-52-55-62(66)64-60(59-71-73(68,69)70-58-57-65(4,5)6)61(54-51-48-45-42-39-23-20-17-14-11-8-2)72-63(67)56-53-50-47-44-40-24-21-18-15-12-9-3/h18-19,21-22,26-27,29-30,32-33,51,54,60-61H,7-17,20,23-25,28,31,34-50,52-53,55-59H2,1-6H3,(H-,64,66,68,69)/b21-18-,22-19-,27-26-,30-29-,33-32-,54-51-. The Kier molecular flexibility index (Phi) is 51.0. The molecule has 424 valence electrons. The molecular formula is C63H115N2O7P. The van der Waals surface area contributed by atoms with Crippen LogP contribution in [0.15, 0.2) is 72.9 Å². The van der Waals surface area contributed by atoms with Gasteiger partial charge in [-0.15, -0.1) is 0 Å². The second-order valence-electron chi connectivity index (χ2n) is 21.5. The van der Waals surface area contributed by atoms with Crippen LogP contribution in [0, 0.1) is 0 Å². The molecule has 0 aliphatic heterocycles. The molecule has 0 aromatic carbocycles. The fourth-order valence-corrected chi connectivity index (χ4v) is 9.09. The molecule has 3 atom stereocenters. The van der Waals surface area contributed by atoms with E-state index in [1.165, 1.54) is 116 Å². The van der Waals surface area contributed by atoms with Gasteiger partial charge in [-0.1, -0.05) is 229 Å². The predicted octanol–water partition coefficient (Wildman–Crippen LogP) is 17.8. The number of rotatable bonds is 54. The maximum Gasteiger partial charge on any atom is 0.306 e. The van der Waals surface area contributed by atoms with Crippen LogP contribution < -0.4 is 10.2 Å². The Hall–Kier alpha value is -2.55. The second kappa shape index (κ2) is 52.9. The molecule has 1 N–H and O–H groups in total. The molecular weight excluding hydrogens is 928 g/mol. The molecule has 73 heavy (non-hydrogen) atoms. The number of amides is 1. The van der Waals surface area contributed by atoms with Crippen LogP contribution in [0.25, 0.3) is 0 Å². The van der Waals surface area contributed by atoms with Gasteiger partial charge in [0, 0.05) is 12.8 Å². The molecule has 0 saturated heterocycles. The summed E-state index contributed by atoms with van der Waals surface area (Å²) in [6.07, 6.45) is 67.3. The van der Waals surface area contributed by atoms with Crippen molar-refractivity contribution in [1.29, 1.82) is 0 Å². The number of carbonyl (C=O) groups is 2. The topological polar surface area (TPSA) is 114 Å². The third kappa shape index (κ3) is 54.1. The van der Waals surface area contributed by atoms with Crippen molar-refractivity contribution in [3.05, 3.63) is 72.9 Å². The minimum absolute atomic E-state index is 0.0270. The lowest BCUT2D eigenvalue weighted by molar-refractivity contribution is -0.870. The Morgan fingerprint density at radius 2 is 0.849 bits per heavy atom. The van der Waals surface area contributed by atoms with Gasteiger partial charge in [0.2, 0.25) is 5.91 Å². The predicted molar refractivity (Wildman–Crippen MR) is 312 cm³/mol. The average molecular weight is 1040 g/mol. The fourth-order valence-electron chi connectivity index (χ4n) is 8.37. The van der Waals surface area contributed by atoms with Crippen molar-refractivity contribution in [2.45, 2.75) is 277 Å². The number of phosphoric ester groups is 1. The number of nitrogens with zero attached hydrogens (tertiary/aromatic N) is 1. The van der Waals surface area contributed by atoms with Crippen molar-refractivity contribution in [1.82, 2.24) is 5.32 Å². The van der Waals surface area contributed by atoms with Crippen LogP contribution in [0.1, 0.15) is 265 Å². The van der Waals surface area contributed by atoms with Gasteiger partial charge in [-0.2, -0.15) is 0 Å². The van der Waals surface area contributed by atoms with Gasteiger partial charge in [-0.25, -0.2) is 0 Å². The molecule has 3 unspecified atom stereocenters. The normalized spacial score (nSPS) is 14.2. The molecule has 0 rings (SSSR count). The zero-order valence-corrected chi connectivity index (χ0v) is 49.2. The first-order chi connectivity index (χ1) is 35.4. The van der Waals surface area contributed by atoms with E-state index in [2.05, 4.69) is 86.8 Å². The van der Waals surface area contributed by atoms with Gasteiger partial charge in [-0.3, -0.25) is 14.2 Å². The van der Waals surface area contributed by atoms with Crippen LogP contribution >= 0.6 is 7.82 Å². The average Bonchev–Trinajstić information content (AvgIpc) is 3.35. The zero-order chi connectivity index (χ0) is 53.6. The van der Waals surface area contributed by atoms with E-state index in [0.29, 0.717) is 17.4 Å². The molecule has 1 amide bonds. The highest BCUT2D eigenvalue weighted by Crippen LogP contribution is 2.38. The van der Waals surface area contributed by atoms with Crippen molar-refractivity contribution in [2.75, 3.05) is 40.9 Å². The van der Waals surface area contributed by atoms with Crippen molar-refractivity contribution in [3.63, 3.8) is 0 Å². The van der Waals surface area contributed by atoms with Crippen molar-refractivity contribution in [3.8, 4) is 0 Å². The van der Waals surface area contributed by atoms with Gasteiger partial charge in [-0.05, 0) is 96.0 Å². The first kappa shape index (κ1) is 70.5. The van der Waals surface area contributed by atoms with E-state index in [1.807, 2.05) is 33.3 Å². The van der Waals surface area contributed by atoms with E-state index in [4.69, 9.17) is 13.8 Å². The summed E-state index contributed by atoms with van der Waals surface area (Å²) in [6.45, 7) is 6.75. The molecule has 9 nitrogen and oxygen atoms in total. The molecule has 0 heterocycles. The third-order valence-corrected chi connectivity index (χ3v) is 14.1. The minimum atomic E-state index is -4.70. The SMILES string of the molecule is CCCC/C=C\CCCCCCCC(=O)OC(/C=C\CCCCCCCCCCC)C(COP(=O)([O-])OCC[N+](C)(C)C)NC(=O)CCCCCCCCCCC/C=C\C/C=C\C/C=C\C/C=C\CCCCC. The quantitative estimate of drug-likeness (QED) is 0.0212. The van der Waals surface area contributed by atoms with Crippen molar-refractivity contribution in [2.24, 2.45) is 0 Å². The van der Waals surface area contributed by atoms with Crippen LogP contribution in [-0.4, -0.2) is 69.4 Å². The lowest BCUT2D eigenvalue weighted by Crippen LogP contribution is -2.47. The number of esters is 1. The highest BCUT2D eigenvalue weighted by molar-refractivity contribution is 7.45. The van der Waals surface area contributed by atoms with Gasteiger partial charge in [0.15, 0.2) is 0 Å². The number of hydrogen-bond acceptors (Lipinski definition) is 7. The van der Waals surface area contributed by atoms with Crippen LogP contribution in [0.5, 0.6) is 0 Å². The van der Waals surface area contributed by atoms with Crippen LogP contribution in [0.3, 0.4) is 0 Å². The highest BCUT2D eigenvalue weighted by Gasteiger charge is 2.27. The second-order valence-corrected chi connectivity index (χ2v) is 22.9. The van der Waals surface area contributed by atoms with E-state index in [-0.39, 0.29) is 24.9 Å². The largest absolute Gasteiger partial charge is 0.756 e. The highest BCUT2D eigenvalue weighted by atomic mass is 31.2. The molecule has 0 aliphatic carbocycles. The van der Waals surface area contributed by atoms with Gasteiger partial charge in [0.05, 0.1) is 33.8 Å². The number of allylic oxidation sites excluding steroid dienone is 11. The van der Waals surface area contributed by atoms with Crippen molar-refractivity contribution >= 4 is 19.7 Å². The molecule has 0 radical (unpaired) electrons. The number of unbranched alkanes of at least 4 members (excludes halogenated alkanes) is 28. The summed E-state index contributed by atoms with van der Waals surface area (Å²) >= 11 is 0. The maximum absolute atomic E-state index is 13.5. The lowest BCUT2D eigenvalue weighted by Gasteiger charge is -2.30. The number of nitrogens with one attached hydrogen (secondary N) is 1. The number of likely N-dealkylation sites (N-methyl/N-ethyl adjacent to an activating group) is 1. The Labute approximate surface area is 451 Å². The summed E-state index contributed by atoms with van der Waals surface area (Å²) in [7, 11) is 1.17. The first-order valence-corrected chi connectivity index (χ1v) is 31.7. The summed E-state index contributed by atoms with van der Waals surface area (Å²) < 4.78 is 30.2. The van der Waals surface area contributed by atoms with Gasteiger partial charge < -0.3 is 28.5 Å². The Morgan fingerprint density at radius 1 is 0.479 bits per heavy atom. The van der Waals surface area contributed by atoms with E-state index >= 15 is 0 Å². The smallest absolute Gasteiger partial charge is 0.306 e. The number of carbonyl (C=O) groups excluding carboxylic acids is 2. The minimum Gasteiger partial charge on any atom is -0.756 e. The number of phosphoric acid groups is 1. The molecule has 10 heteroatoms. The summed E-state index contributed by atoms with van der Waals surface area (Å²) in [5, 5.41) is 3.02. The summed E-state index contributed by atoms with van der Waals surface area (Å²) in [6, 6.07) is -0.895. The van der Waals surface area contributed by atoms with Gasteiger partial charge in [0.1, 0.15) is 19.3 Å². The molecule has 0 spiro atoms. The Balaban J connectivity index is 5.11. The van der Waals surface area contributed by atoms with Crippen molar-refractivity contribution < 1.29 is 37.3 Å². The first-order valence-electron chi connectivity index (χ1n) is 30.2. The maximum atomic E-state index is 13.5. The van der Waals surface area contributed by atoms with E-state index in [9.17, 15) is 19.0 Å². The van der Waals surface area contributed by atoms with Crippen LogP contribution in [-0.2, 0) is 27.9 Å². The number of ether oxygens (including phenoxy) is 1. The van der Waals surface area contributed by atoms with E-state index in [0.717, 1.165) is 116 Å². The molecule has 0 aromatic rings. The van der Waals surface area contributed by atoms with Gasteiger partial charge in [0.25, 0.3) is 7.82 Å². The zero-order valence-electron chi connectivity index (χ0n) is 48.3. The molecule has 0 aromatic heterocycles. The molecule has 0 aliphatic rings. The molecule has 0 fully saturated rings. The summed E-state index contributed by atoms with van der Waals surface area (Å²) in [5.74, 6) is -0.560. The summed E-state index contributed by atoms with van der Waals surface area (Å²) in [5.41, 5.74) is 0. The monoisotopic (exact) mass is 1040 g/mol. The lowest BCUT2D eigenvalue weighted by atomic mass is 10.0. The van der Waals surface area contributed by atoms with E-state index in [1.54, 1.807) is 0 Å². The Bertz CT molecular complexity index is 1480. The van der Waals surface area contributed by atoms with E-state index < -0.39 is 26.6 Å². The number of hydrogen-bond donors (Lipinski definition) is 1. The van der Waals surface area contributed by atoms with Gasteiger partial charge >= 0.3 is 5.97 Å². The molecule has 0 saturated carbocycles. The third-order valence-electron chi connectivity index (χ3n) is 13.1. The van der Waals surface area contributed by atoms with Crippen LogP contribution in [0.2, 0.25) is 0 Å². The number of quaternary nitrogens is 1. The fraction of sp³-hybridized carbons (Fsp3) is 0.778.